The summed E-state index contributed by atoms with van der Waals surface area (Å²) in [6.07, 6.45) is -0.534. The molecular weight excluding hydrogens is 232 g/mol. The van der Waals surface area contributed by atoms with Gasteiger partial charge in [-0.15, -0.1) is 5.06 Å². The Balaban J connectivity index is 2.93. The number of hydrogen-bond donors (Lipinski definition) is 1. The highest BCUT2D eigenvalue weighted by atomic mass is 16.7. The lowest BCUT2D eigenvalue weighted by Crippen LogP contribution is -2.48. The Morgan fingerprint density at radius 1 is 1.33 bits per heavy atom. The summed E-state index contributed by atoms with van der Waals surface area (Å²) in [4.78, 5) is 17.4. The highest BCUT2D eigenvalue weighted by Gasteiger charge is 2.30. The Labute approximate surface area is 107 Å². The molecule has 0 saturated heterocycles. The molecule has 5 heteroatoms. The van der Waals surface area contributed by atoms with Crippen LogP contribution in [-0.2, 0) is 4.74 Å². The molecule has 18 heavy (non-hydrogen) atoms. The number of anilines is 1. The zero-order valence-corrected chi connectivity index (χ0v) is 11.3. The van der Waals surface area contributed by atoms with Gasteiger partial charge >= 0.3 is 6.09 Å². The van der Waals surface area contributed by atoms with E-state index in [4.69, 9.17) is 15.3 Å². The summed E-state index contributed by atoms with van der Waals surface area (Å²) in [5.41, 5.74) is 5.72. The van der Waals surface area contributed by atoms with Crippen LogP contribution in [0.4, 0.5) is 10.5 Å². The predicted molar refractivity (Wildman–Crippen MR) is 70.1 cm³/mol. The monoisotopic (exact) mass is 252 g/mol. The number of carbonyl (C=O) groups is 1. The van der Waals surface area contributed by atoms with Crippen LogP contribution in [0.5, 0.6) is 5.75 Å². The van der Waals surface area contributed by atoms with Crippen molar-refractivity contribution in [3.05, 3.63) is 24.3 Å². The molecule has 0 aromatic heterocycles. The number of hydroxylamine groups is 2. The van der Waals surface area contributed by atoms with Crippen molar-refractivity contribution in [2.24, 2.45) is 0 Å². The van der Waals surface area contributed by atoms with Crippen molar-refractivity contribution in [3.63, 3.8) is 0 Å². The van der Waals surface area contributed by atoms with Crippen LogP contribution in [0.1, 0.15) is 27.7 Å². The first kappa shape index (κ1) is 14.2. The quantitative estimate of drug-likeness (QED) is 0.663. The van der Waals surface area contributed by atoms with Crippen LogP contribution in [0, 0.1) is 0 Å². The second-order valence-corrected chi connectivity index (χ2v) is 4.79. The molecule has 0 saturated carbocycles. The molecule has 0 aliphatic carbocycles. The first-order valence-corrected chi connectivity index (χ1v) is 5.85. The Bertz CT molecular complexity index is 413. The summed E-state index contributed by atoms with van der Waals surface area (Å²) in [5, 5.41) is 1.18. The highest BCUT2D eigenvalue weighted by Crippen LogP contribution is 2.25. The molecule has 0 aliphatic heterocycles. The van der Waals surface area contributed by atoms with Crippen LogP contribution in [0.25, 0.3) is 0 Å². The standard InChI is InChI=1S/C13H20N2O3/c1-5-17-12(16)15(13(2,3)4)18-11-9-7-6-8-10(11)14/h6-9H,5,14H2,1-4H3. The van der Waals surface area contributed by atoms with Gasteiger partial charge in [0.25, 0.3) is 0 Å². The number of nitrogens with zero attached hydrogens (tertiary/aromatic N) is 1. The minimum Gasteiger partial charge on any atom is -0.448 e. The molecule has 0 atom stereocenters. The van der Waals surface area contributed by atoms with Gasteiger partial charge in [-0.1, -0.05) is 12.1 Å². The van der Waals surface area contributed by atoms with Gasteiger partial charge in [0.2, 0.25) is 0 Å². The van der Waals surface area contributed by atoms with Gasteiger partial charge in [-0.25, -0.2) is 4.79 Å². The second-order valence-electron chi connectivity index (χ2n) is 4.79. The van der Waals surface area contributed by atoms with Crippen LogP contribution < -0.4 is 10.6 Å². The molecule has 0 unspecified atom stereocenters. The fraction of sp³-hybridized carbons (Fsp3) is 0.462. The van der Waals surface area contributed by atoms with Crippen LogP contribution in [0.15, 0.2) is 24.3 Å². The second kappa shape index (κ2) is 5.62. The largest absolute Gasteiger partial charge is 0.448 e. The van der Waals surface area contributed by atoms with Gasteiger partial charge in [0.05, 0.1) is 17.8 Å². The third-order valence-corrected chi connectivity index (χ3v) is 2.15. The topological polar surface area (TPSA) is 64.8 Å². The van der Waals surface area contributed by atoms with E-state index < -0.39 is 11.6 Å². The number of amides is 1. The van der Waals surface area contributed by atoms with E-state index >= 15 is 0 Å². The molecular formula is C13H20N2O3. The van der Waals surface area contributed by atoms with Gasteiger partial charge in [-0.2, -0.15) is 0 Å². The summed E-state index contributed by atoms with van der Waals surface area (Å²) in [7, 11) is 0. The van der Waals surface area contributed by atoms with Gasteiger partial charge in [0.15, 0.2) is 5.75 Å². The van der Waals surface area contributed by atoms with E-state index in [1.165, 1.54) is 5.06 Å². The van der Waals surface area contributed by atoms with Crippen molar-refractivity contribution < 1.29 is 14.4 Å². The fourth-order valence-electron chi connectivity index (χ4n) is 1.29. The summed E-state index contributed by atoms with van der Waals surface area (Å²) < 4.78 is 4.96. The highest BCUT2D eigenvalue weighted by molar-refractivity contribution is 5.68. The van der Waals surface area contributed by atoms with E-state index in [1.54, 1.807) is 31.2 Å². The van der Waals surface area contributed by atoms with Gasteiger partial charge in [-0.3, -0.25) is 0 Å². The van der Waals surface area contributed by atoms with Crippen LogP contribution in [0.2, 0.25) is 0 Å². The van der Waals surface area contributed by atoms with E-state index in [-0.39, 0.29) is 0 Å². The fourth-order valence-corrected chi connectivity index (χ4v) is 1.29. The molecule has 0 radical (unpaired) electrons. The lowest BCUT2D eigenvalue weighted by molar-refractivity contribution is -0.103. The Kier molecular flexibility index (Phi) is 4.42. The number of carbonyl (C=O) groups excluding carboxylic acids is 1. The number of rotatable bonds is 3. The SMILES string of the molecule is CCOC(=O)N(Oc1ccccc1N)C(C)(C)C. The van der Waals surface area contributed by atoms with Crippen molar-refractivity contribution in [2.45, 2.75) is 33.2 Å². The predicted octanol–water partition coefficient (Wildman–Crippen LogP) is 2.82. The van der Waals surface area contributed by atoms with Gasteiger partial charge in [0.1, 0.15) is 0 Å². The molecule has 0 aliphatic rings. The lowest BCUT2D eigenvalue weighted by atomic mass is 10.1. The Morgan fingerprint density at radius 2 is 1.94 bits per heavy atom. The number of nitrogens with two attached hydrogens (primary N) is 1. The minimum atomic E-state index is -0.534. The Morgan fingerprint density at radius 3 is 2.44 bits per heavy atom. The van der Waals surface area contributed by atoms with Gasteiger partial charge in [-0.05, 0) is 39.8 Å². The number of hydrogen-bond acceptors (Lipinski definition) is 4. The molecule has 0 bridgehead atoms. The van der Waals surface area contributed by atoms with E-state index in [0.29, 0.717) is 18.0 Å². The average Bonchev–Trinajstić information content (AvgIpc) is 2.26. The molecule has 100 valence electrons. The zero-order valence-electron chi connectivity index (χ0n) is 11.3. The maximum absolute atomic E-state index is 11.8. The van der Waals surface area contributed by atoms with Crippen molar-refractivity contribution in [2.75, 3.05) is 12.3 Å². The lowest BCUT2D eigenvalue weighted by Gasteiger charge is -2.33. The molecule has 0 spiro atoms. The first-order chi connectivity index (χ1) is 8.36. The number of para-hydroxylation sites is 2. The normalized spacial score (nSPS) is 10.9. The Hall–Kier alpha value is -1.91. The number of nitrogen functional groups attached to an aromatic ring is 1. The summed E-state index contributed by atoms with van der Waals surface area (Å²) >= 11 is 0. The minimum absolute atomic E-state index is 0.291. The first-order valence-electron chi connectivity index (χ1n) is 5.85. The smallest absolute Gasteiger partial charge is 0.443 e. The van der Waals surface area contributed by atoms with E-state index in [9.17, 15) is 4.79 Å². The van der Waals surface area contributed by atoms with E-state index in [2.05, 4.69) is 0 Å². The van der Waals surface area contributed by atoms with Crippen LogP contribution in [-0.4, -0.2) is 23.3 Å². The van der Waals surface area contributed by atoms with Crippen LogP contribution in [0.3, 0.4) is 0 Å². The average molecular weight is 252 g/mol. The van der Waals surface area contributed by atoms with Gasteiger partial charge in [0, 0.05) is 0 Å². The molecule has 5 nitrogen and oxygen atoms in total. The summed E-state index contributed by atoms with van der Waals surface area (Å²) in [5.74, 6) is 0.431. The third-order valence-electron chi connectivity index (χ3n) is 2.15. The maximum Gasteiger partial charge on any atom is 0.443 e. The molecule has 0 heterocycles. The molecule has 1 amide bonds. The summed E-state index contributed by atoms with van der Waals surface area (Å²) in [6.45, 7) is 7.59. The van der Waals surface area contributed by atoms with Crippen molar-refractivity contribution in [1.82, 2.24) is 5.06 Å². The number of ether oxygens (including phenoxy) is 1. The summed E-state index contributed by atoms with van der Waals surface area (Å²) in [6, 6.07) is 7.00. The molecule has 2 N–H and O–H groups in total. The van der Waals surface area contributed by atoms with Gasteiger partial charge < -0.3 is 15.3 Å². The molecule has 0 fully saturated rings. The van der Waals surface area contributed by atoms with Crippen LogP contribution >= 0.6 is 0 Å². The molecule has 1 aromatic rings. The van der Waals surface area contributed by atoms with E-state index in [0.717, 1.165) is 0 Å². The van der Waals surface area contributed by atoms with Crippen molar-refractivity contribution in [3.8, 4) is 5.75 Å². The number of benzene rings is 1. The van der Waals surface area contributed by atoms with Crippen molar-refractivity contribution >= 4 is 11.8 Å². The maximum atomic E-state index is 11.8. The molecule has 1 rings (SSSR count). The zero-order chi connectivity index (χ0) is 13.8. The van der Waals surface area contributed by atoms with E-state index in [1.807, 2.05) is 20.8 Å². The molecule has 1 aromatic carbocycles. The van der Waals surface area contributed by atoms with Crippen molar-refractivity contribution in [1.29, 1.82) is 0 Å². The third kappa shape index (κ3) is 3.55.